The molecule has 0 unspecified atom stereocenters. The van der Waals surface area contributed by atoms with Crippen molar-refractivity contribution >= 4 is 23.6 Å². The summed E-state index contributed by atoms with van der Waals surface area (Å²) in [5.41, 5.74) is 8.83. The number of nitrogens with zero attached hydrogens (tertiary/aromatic N) is 4. The number of azide groups is 1. The molecule has 0 amide bonds. The molecule has 32 heavy (non-hydrogen) atoms. The maximum atomic E-state index is 11.7. The first-order chi connectivity index (χ1) is 15.1. The average molecular weight is 452 g/mol. The van der Waals surface area contributed by atoms with E-state index in [2.05, 4.69) is 10.0 Å². The van der Waals surface area contributed by atoms with Crippen molar-refractivity contribution in [1.29, 1.82) is 0 Å². The highest BCUT2D eigenvalue weighted by atomic mass is 16.7. The minimum absolute atomic E-state index is 0.109. The van der Waals surface area contributed by atoms with Crippen molar-refractivity contribution in [3.63, 3.8) is 0 Å². The molecule has 172 valence electrons. The first-order valence-electron chi connectivity index (χ1n) is 9.21. The van der Waals surface area contributed by atoms with Crippen molar-refractivity contribution in [3.05, 3.63) is 44.8 Å². The van der Waals surface area contributed by atoms with E-state index in [-0.39, 0.29) is 11.4 Å². The van der Waals surface area contributed by atoms with Gasteiger partial charge in [0.2, 0.25) is 6.29 Å². The van der Waals surface area contributed by atoms with Crippen LogP contribution in [-0.2, 0) is 33.3 Å². The lowest BCUT2D eigenvalue weighted by molar-refractivity contribution is -0.384. The van der Waals surface area contributed by atoms with E-state index >= 15 is 0 Å². The van der Waals surface area contributed by atoms with Gasteiger partial charge in [-0.25, -0.2) is 0 Å². The zero-order valence-corrected chi connectivity index (χ0v) is 17.3. The van der Waals surface area contributed by atoms with Crippen LogP contribution in [0.25, 0.3) is 10.4 Å². The quantitative estimate of drug-likeness (QED) is 0.107. The third kappa shape index (κ3) is 6.55. The largest absolute Gasteiger partial charge is 0.464 e. The van der Waals surface area contributed by atoms with E-state index in [0.717, 1.165) is 20.8 Å². The fourth-order valence-electron chi connectivity index (χ4n) is 2.95. The molecule has 0 aromatic heterocycles. The lowest BCUT2D eigenvalue weighted by Gasteiger charge is -2.43. The van der Waals surface area contributed by atoms with Gasteiger partial charge in [-0.3, -0.25) is 24.5 Å². The van der Waals surface area contributed by atoms with Crippen LogP contribution in [-0.4, -0.2) is 60.1 Å². The number of esters is 3. The maximum Gasteiger partial charge on any atom is 0.303 e. The summed E-state index contributed by atoms with van der Waals surface area (Å²) in [6.07, 6.45) is -5.17. The van der Waals surface area contributed by atoms with Crippen molar-refractivity contribution in [3.8, 4) is 5.75 Å². The van der Waals surface area contributed by atoms with Crippen LogP contribution in [0.5, 0.6) is 5.75 Å². The van der Waals surface area contributed by atoms with E-state index in [1.165, 1.54) is 24.3 Å². The number of nitro benzene ring substituents is 1. The van der Waals surface area contributed by atoms with E-state index in [1.807, 2.05) is 0 Å². The Kier molecular flexibility index (Phi) is 8.32. The van der Waals surface area contributed by atoms with Crippen molar-refractivity contribution in [1.82, 2.24) is 0 Å². The Bertz CT molecular complexity index is 915. The summed E-state index contributed by atoms with van der Waals surface area (Å²) in [4.78, 5) is 47.6. The van der Waals surface area contributed by atoms with Gasteiger partial charge in [-0.1, -0.05) is 5.11 Å². The number of carbonyl (C=O) groups is 3. The number of carbonyl (C=O) groups excluding carboxylic acids is 3. The topological polar surface area (TPSA) is 189 Å². The molecule has 2 rings (SSSR count). The van der Waals surface area contributed by atoms with Gasteiger partial charge in [0.15, 0.2) is 12.2 Å². The van der Waals surface area contributed by atoms with Crippen LogP contribution in [0.4, 0.5) is 5.69 Å². The lowest BCUT2D eigenvalue weighted by atomic mass is 9.96. The standard InChI is InChI=1S/C18H20N4O10/c1-9(23)28-8-14-16(29-10(2)24)17(30-11(3)25)15(20-21-19)18(32-14)31-13-6-4-12(5-7-13)22(26)27/h4-7,14-18H,8H2,1-3H3/t14-,15+,16-,17-,18-/m1/s1. The fraction of sp³-hybridized carbons (Fsp3) is 0.500. The summed E-state index contributed by atoms with van der Waals surface area (Å²) >= 11 is 0. The van der Waals surface area contributed by atoms with E-state index < -0.39 is 60.1 Å². The van der Waals surface area contributed by atoms with Crippen LogP contribution < -0.4 is 4.74 Å². The predicted octanol–water partition coefficient (Wildman–Crippen LogP) is 1.80. The van der Waals surface area contributed by atoms with Gasteiger partial charge < -0.3 is 23.7 Å². The van der Waals surface area contributed by atoms with Crippen molar-refractivity contribution in [2.75, 3.05) is 6.61 Å². The van der Waals surface area contributed by atoms with Crippen molar-refractivity contribution < 1.29 is 43.0 Å². The smallest absolute Gasteiger partial charge is 0.303 e. The second kappa shape index (κ2) is 10.9. The minimum atomic E-state index is -1.39. The van der Waals surface area contributed by atoms with Gasteiger partial charge in [-0.15, -0.1) is 0 Å². The average Bonchev–Trinajstić information content (AvgIpc) is 2.70. The second-order valence-electron chi connectivity index (χ2n) is 6.56. The summed E-state index contributed by atoms with van der Waals surface area (Å²) in [6.45, 7) is 2.96. The molecule has 0 N–H and O–H groups in total. The van der Waals surface area contributed by atoms with Gasteiger partial charge in [-0.2, -0.15) is 0 Å². The van der Waals surface area contributed by atoms with Crippen LogP contribution in [0.2, 0.25) is 0 Å². The maximum absolute atomic E-state index is 11.7. The van der Waals surface area contributed by atoms with E-state index in [4.69, 9.17) is 29.2 Å². The summed E-state index contributed by atoms with van der Waals surface area (Å²) in [5.74, 6) is -2.06. The highest BCUT2D eigenvalue weighted by molar-refractivity contribution is 5.68. The molecular weight excluding hydrogens is 432 g/mol. The number of hydrogen-bond acceptors (Lipinski definition) is 11. The normalized spacial score (nSPS) is 24.4. The van der Waals surface area contributed by atoms with Crippen molar-refractivity contribution in [2.24, 2.45) is 5.11 Å². The zero-order chi connectivity index (χ0) is 23.8. The predicted molar refractivity (Wildman–Crippen MR) is 103 cm³/mol. The monoisotopic (exact) mass is 452 g/mol. The Morgan fingerprint density at radius 1 is 1.09 bits per heavy atom. The summed E-state index contributed by atoms with van der Waals surface area (Å²) in [7, 11) is 0. The fourth-order valence-corrected chi connectivity index (χ4v) is 2.95. The molecule has 1 aromatic rings. The molecule has 0 bridgehead atoms. The molecule has 1 heterocycles. The lowest BCUT2D eigenvalue weighted by Crippen LogP contribution is -2.62. The van der Waals surface area contributed by atoms with Gasteiger partial charge in [-0.05, 0) is 17.7 Å². The van der Waals surface area contributed by atoms with Gasteiger partial charge in [0, 0.05) is 37.8 Å². The van der Waals surface area contributed by atoms with E-state index in [0.29, 0.717) is 0 Å². The highest BCUT2D eigenvalue weighted by Gasteiger charge is 2.51. The summed E-state index contributed by atoms with van der Waals surface area (Å²) in [6, 6.07) is 3.62. The molecule has 1 saturated heterocycles. The van der Waals surface area contributed by atoms with Gasteiger partial charge in [0.1, 0.15) is 24.5 Å². The minimum Gasteiger partial charge on any atom is -0.464 e. The highest BCUT2D eigenvalue weighted by Crippen LogP contribution is 2.31. The summed E-state index contributed by atoms with van der Waals surface area (Å²) < 4.78 is 26.8. The zero-order valence-electron chi connectivity index (χ0n) is 17.3. The van der Waals surface area contributed by atoms with E-state index in [1.54, 1.807) is 0 Å². The molecule has 0 saturated carbocycles. The SMILES string of the molecule is CC(=O)OC[C@H]1O[C@@H](Oc2ccc([N+](=O)[O-])cc2)[C@@H](N=[N+]=[N-])[C@@H](OC(C)=O)[C@@H]1OC(C)=O. The van der Waals surface area contributed by atoms with Crippen molar-refractivity contribution in [2.45, 2.75) is 51.4 Å². The Hall–Kier alpha value is -3.90. The van der Waals surface area contributed by atoms with Crippen LogP contribution in [0.15, 0.2) is 29.4 Å². The molecular formula is C18H20N4O10. The second-order valence-corrected chi connectivity index (χ2v) is 6.56. The Labute approximate surface area is 181 Å². The third-order valence-corrected chi connectivity index (χ3v) is 4.15. The number of nitro groups is 1. The Balaban J connectivity index is 2.41. The van der Waals surface area contributed by atoms with Crippen LogP contribution in [0.3, 0.4) is 0 Å². The van der Waals surface area contributed by atoms with Crippen LogP contribution in [0.1, 0.15) is 20.8 Å². The molecule has 1 aliphatic rings. The van der Waals surface area contributed by atoms with Gasteiger partial charge >= 0.3 is 17.9 Å². The molecule has 1 fully saturated rings. The molecule has 0 radical (unpaired) electrons. The molecule has 0 spiro atoms. The van der Waals surface area contributed by atoms with E-state index in [9.17, 15) is 24.5 Å². The van der Waals surface area contributed by atoms with Gasteiger partial charge in [0.25, 0.3) is 5.69 Å². The molecule has 1 aliphatic heterocycles. The molecule has 5 atom stereocenters. The van der Waals surface area contributed by atoms with Gasteiger partial charge in [0.05, 0.1) is 4.92 Å². The third-order valence-electron chi connectivity index (χ3n) is 4.15. The Morgan fingerprint density at radius 2 is 1.69 bits per heavy atom. The summed E-state index contributed by atoms with van der Waals surface area (Å²) in [5, 5.41) is 14.4. The number of benzene rings is 1. The first-order valence-corrected chi connectivity index (χ1v) is 9.21. The van der Waals surface area contributed by atoms with Crippen LogP contribution in [0, 0.1) is 10.1 Å². The number of non-ortho nitro benzene ring substituents is 1. The first kappa shape index (κ1) is 24.4. The molecule has 14 heteroatoms. The molecule has 1 aromatic carbocycles. The number of rotatable bonds is 8. The number of hydrogen-bond donors (Lipinski definition) is 0. The van der Waals surface area contributed by atoms with Crippen LogP contribution >= 0.6 is 0 Å². The molecule has 0 aliphatic carbocycles. The molecule has 14 nitrogen and oxygen atoms in total. The Morgan fingerprint density at radius 3 is 2.19 bits per heavy atom. The number of ether oxygens (including phenoxy) is 5.